The maximum Gasteiger partial charge on any atom is 0.335 e. The van der Waals surface area contributed by atoms with Crippen LogP contribution in [0.1, 0.15) is 34.1 Å². The summed E-state index contributed by atoms with van der Waals surface area (Å²) >= 11 is 0. The standard InChI is InChI=1S/C9H19NO3/c1-6(10)5-7(11)8(12)13-9(2,3)4/h6-7,11H,5,10H2,1-4H3/t6?,7-/m0/s1. The average molecular weight is 189 g/mol. The third kappa shape index (κ3) is 6.54. The van der Waals surface area contributed by atoms with Crippen LogP contribution in [0.25, 0.3) is 0 Å². The summed E-state index contributed by atoms with van der Waals surface area (Å²) in [6.45, 7) is 6.99. The molecule has 0 radical (unpaired) electrons. The van der Waals surface area contributed by atoms with Crippen LogP contribution >= 0.6 is 0 Å². The predicted octanol–water partition coefficient (Wildman–Crippen LogP) is 0.426. The lowest BCUT2D eigenvalue weighted by Crippen LogP contribution is -2.35. The number of nitrogens with two attached hydrogens (primary N) is 1. The molecule has 0 rings (SSSR count). The molecule has 0 saturated heterocycles. The van der Waals surface area contributed by atoms with Gasteiger partial charge in [-0.1, -0.05) is 0 Å². The van der Waals surface area contributed by atoms with Gasteiger partial charge in [0.05, 0.1) is 0 Å². The van der Waals surface area contributed by atoms with E-state index in [1.165, 1.54) is 0 Å². The van der Waals surface area contributed by atoms with Crippen molar-refractivity contribution in [2.45, 2.75) is 51.9 Å². The largest absolute Gasteiger partial charge is 0.458 e. The molecule has 0 aromatic rings. The quantitative estimate of drug-likeness (QED) is 0.631. The zero-order valence-corrected chi connectivity index (χ0v) is 8.70. The topological polar surface area (TPSA) is 72.5 Å². The van der Waals surface area contributed by atoms with Gasteiger partial charge in [0.1, 0.15) is 5.60 Å². The van der Waals surface area contributed by atoms with Crippen molar-refractivity contribution in [2.75, 3.05) is 0 Å². The number of aliphatic hydroxyl groups is 1. The Morgan fingerprint density at radius 3 is 2.31 bits per heavy atom. The van der Waals surface area contributed by atoms with E-state index >= 15 is 0 Å². The number of carbonyl (C=O) groups excluding carboxylic acids is 1. The molecule has 0 aliphatic rings. The van der Waals surface area contributed by atoms with Crippen LogP contribution in [0.2, 0.25) is 0 Å². The molecule has 0 amide bonds. The zero-order chi connectivity index (χ0) is 10.6. The lowest BCUT2D eigenvalue weighted by atomic mass is 10.1. The number of aliphatic hydroxyl groups excluding tert-OH is 1. The Morgan fingerprint density at radius 1 is 1.54 bits per heavy atom. The van der Waals surface area contributed by atoms with E-state index in [1.807, 2.05) is 0 Å². The Hall–Kier alpha value is -0.610. The van der Waals surface area contributed by atoms with Crippen LogP contribution in [-0.2, 0) is 9.53 Å². The fraction of sp³-hybridized carbons (Fsp3) is 0.889. The molecule has 4 heteroatoms. The van der Waals surface area contributed by atoms with Gasteiger partial charge in [-0.3, -0.25) is 0 Å². The molecule has 1 unspecified atom stereocenters. The number of hydrogen-bond acceptors (Lipinski definition) is 4. The molecule has 4 nitrogen and oxygen atoms in total. The molecular formula is C9H19NO3. The van der Waals surface area contributed by atoms with Gasteiger partial charge in [-0.25, -0.2) is 4.79 Å². The Bertz CT molecular complexity index is 172. The minimum Gasteiger partial charge on any atom is -0.458 e. The van der Waals surface area contributed by atoms with Crippen LogP contribution in [-0.4, -0.2) is 28.8 Å². The second-order valence-electron chi connectivity index (χ2n) is 4.26. The van der Waals surface area contributed by atoms with Gasteiger partial charge in [0.25, 0.3) is 0 Å². The Balaban J connectivity index is 3.97. The highest BCUT2D eigenvalue weighted by Gasteiger charge is 2.23. The van der Waals surface area contributed by atoms with Gasteiger partial charge in [-0.05, 0) is 34.1 Å². The van der Waals surface area contributed by atoms with Crippen molar-refractivity contribution < 1.29 is 14.6 Å². The summed E-state index contributed by atoms with van der Waals surface area (Å²) < 4.78 is 4.96. The fourth-order valence-corrected chi connectivity index (χ4v) is 0.818. The van der Waals surface area contributed by atoms with E-state index in [4.69, 9.17) is 10.5 Å². The molecule has 3 N–H and O–H groups in total. The van der Waals surface area contributed by atoms with Gasteiger partial charge < -0.3 is 15.6 Å². The van der Waals surface area contributed by atoms with E-state index < -0.39 is 17.7 Å². The molecule has 78 valence electrons. The Labute approximate surface area is 79.1 Å². The molecule has 0 aliphatic heterocycles. The van der Waals surface area contributed by atoms with E-state index in [0.717, 1.165) is 0 Å². The highest BCUT2D eigenvalue weighted by atomic mass is 16.6. The summed E-state index contributed by atoms with van der Waals surface area (Å²) in [5, 5.41) is 9.30. The number of rotatable bonds is 3. The van der Waals surface area contributed by atoms with Crippen LogP contribution in [0, 0.1) is 0 Å². The van der Waals surface area contributed by atoms with Crippen LogP contribution in [0.15, 0.2) is 0 Å². The third-order valence-corrected chi connectivity index (χ3v) is 1.27. The predicted molar refractivity (Wildman–Crippen MR) is 50.1 cm³/mol. The lowest BCUT2D eigenvalue weighted by Gasteiger charge is -2.22. The van der Waals surface area contributed by atoms with Crippen molar-refractivity contribution in [2.24, 2.45) is 5.73 Å². The lowest BCUT2D eigenvalue weighted by molar-refractivity contribution is -0.165. The van der Waals surface area contributed by atoms with Gasteiger partial charge in [0.15, 0.2) is 6.10 Å². The van der Waals surface area contributed by atoms with Crippen LogP contribution < -0.4 is 5.73 Å². The normalized spacial score (nSPS) is 16.5. The number of hydrogen-bond donors (Lipinski definition) is 2. The number of carbonyl (C=O) groups is 1. The van der Waals surface area contributed by atoms with Gasteiger partial charge in [-0.15, -0.1) is 0 Å². The average Bonchev–Trinajstić information content (AvgIpc) is 1.81. The summed E-state index contributed by atoms with van der Waals surface area (Å²) in [5.74, 6) is -0.607. The van der Waals surface area contributed by atoms with Crippen molar-refractivity contribution in [3.8, 4) is 0 Å². The first-order valence-electron chi connectivity index (χ1n) is 4.39. The summed E-state index contributed by atoms with van der Waals surface area (Å²) in [4.78, 5) is 11.2. The molecule has 0 spiro atoms. The van der Waals surface area contributed by atoms with E-state index in [0.29, 0.717) is 0 Å². The second-order valence-corrected chi connectivity index (χ2v) is 4.26. The SMILES string of the molecule is CC(N)C[C@H](O)C(=O)OC(C)(C)C. The molecule has 13 heavy (non-hydrogen) atoms. The van der Waals surface area contributed by atoms with E-state index in [9.17, 15) is 9.90 Å². The van der Waals surface area contributed by atoms with Crippen molar-refractivity contribution >= 4 is 5.97 Å². The van der Waals surface area contributed by atoms with Crippen LogP contribution in [0.3, 0.4) is 0 Å². The number of esters is 1. The molecule has 0 saturated carbocycles. The Kier molecular flexibility index (Phi) is 4.36. The number of ether oxygens (including phenoxy) is 1. The van der Waals surface area contributed by atoms with Gasteiger partial charge in [0.2, 0.25) is 0 Å². The van der Waals surface area contributed by atoms with Crippen molar-refractivity contribution in [3.05, 3.63) is 0 Å². The van der Waals surface area contributed by atoms with Crippen LogP contribution in [0.5, 0.6) is 0 Å². The summed E-state index contributed by atoms with van der Waals surface area (Å²) in [7, 11) is 0. The van der Waals surface area contributed by atoms with E-state index in [1.54, 1.807) is 27.7 Å². The molecular weight excluding hydrogens is 170 g/mol. The Morgan fingerprint density at radius 2 is 2.00 bits per heavy atom. The molecule has 0 bridgehead atoms. The monoisotopic (exact) mass is 189 g/mol. The summed E-state index contributed by atoms with van der Waals surface area (Å²) in [6, 6.07) is -0.206. The third-order valence-electron chi connectivity index (χ3n) is 1.27. The summed E-state index contributed by atoms with van der Waals surface area (Å²) in [6.07, 6.45) is -0.881. The van der Waals surface area contributed by atoms with Crippen molar-refractivity contribution in [1.29, 1.82) is 0 Å². The first-order valence-corrected chi connectivity index (χ1v) is 4.39. The molecule has 0 fully saturated rings. The van der Waals surface area contributed by atoms with Gasteiger partial charge >= 0.3 is 5.97 Å². The highest BCUT2D eigenvalue weighted by Crippen LogP contribution is 2.10. The van der Waals surface area contributed by atoms with Gasteiger partial charge in [-0.2, -0.15) is 0 Å². The zero-order valence-electron chi connectivity index (χ0n) is 8.70. The first-order chi connectivity index (χ1) is 5.72. The van der Waals surface area contributed by atoms with Gasteiger partial charge in [0, 0.05) is 6.04 Å². The maximum atomic E-state index is 11.2. The summed E-state index contributed by atoms with van der Waals surface area (Å²) in [5.41, 5.74) is 4.87. The second kappa shape index (κ2) is 4.58. The van der Waals surface area contributed by atoms with E-state index in [2.05, 4.69) is 0 Å². The molecule has 0 heterocycles. The first kappa shape index (κ1) is 12.4. The minimum absolute atomic E-state index is 0.206. The molecule has 2 atom stereocenters. The maximum absolute atomic E-state index is 11.2. The minimum atomic E-state index is -1.11. The van der Waals surface area contributed by atoms with E-state index in [-0.39, 0.29) is 12.5 Å². The van der Waals surface area contributed by atoms with Crippen molar-refractivity contribution in [3.63, 3.8) is 0 Å². The highest BCUT2D eigenvalue weighted by molar-refractivity contribution is 5.74. The molecule has 0 aliphatic carbocycles. The smallest absolute Gasteiger partial charge is 0.335 e. The fourth-order valence-electron chi connectivity index (χ4n) is 0.818. The van der Waals surface area contributed by atoms with Crippen LogP contribution in [0.4, 0.5) is 0 Å². The van der Waals surface area contributed by atoms with Crippen molar-refractivity contribution in [1.82, 2.24) is 0 Å². The molecule has 0 aromatic carbocycles. The molecule has 0 aromatic heterocycles.